The second kappa shape index (κ2) is 11.0. The van der Waals surface area contributed by atoms with Gasteiger partial charge in [-0.15, -0.1) is 0 Å². The number of nitrogens with zero attached hydrogens (tertiary/aromatic N) is 1. The molecule has 2 aromatic carbocycles. The second-order valence-corrected chi connectivity index (χ2v) is 10.5. The van der Waals surface area contributed by atoms with Gasteiger partial charge in [0, 0.05) is 31.1 Å². The predicted octanol–water partition coefficient (Wildman–Crippen LogP) is 2.83. The lowest BCUT2D eigenvalue weighted by Crippen LogP contribution is -2.52. The summed E-state index contributed by atoms with van der Waals surface area (Å²) in [6.45, 7) is 2.78. The van der Waals surface area contributed by atoms with Crippen molar-refractivity contribution in [3.8, 4) is 5.75 Å². The number of rotatable bonds is 7. The first-order chi connectivity index (χ1) is 18.7. The number of Topliss-reactive ketones (excluding diaryl/α,β-unsaturated/α-hetero) is 1. The number of carbonyl (C=O) groups is 5. The molecule has 2 fully saturated rings. The highest BCUT2D eigenvalue weighted by Gasteiger charge is 2.33. The van der Waals surface area contributed by atoms with E-state index >= 15 is 0 Å². The number of hydrogen-bond acceptors (Lipinski definition) is 7. The summed E-state index contributed by atoms with van der Waals surface area (Å²) >= 11 is 0. The number of imide groups is 1. The highest BCUT2D eigenvalue weighted by Crippen LogP contribution is 2.34. The lowest BCUT2D eigenvalue weighted by molar-refractivity contribution is -0.134. The van der Waals surface area contributed by atoms with Crippen LogP contribution in [0.4, 0.5) is 0 Å². The van der Waals surface area contributed by atoms with Gasteiger partial charge >= 0.3 is 5.97 Å². The molecule has 10 nitrogen and oxygen atoms in total. The minimum atomic E-state index is -0.967. The van der Waals surface area contributed by atoms with Gasteiger partial charge in [-0.2, -0.15) is 0 Å². The summed E-state index contributed by atoms with van der Waals surface area (Å²) < 4.78 is 6.08. The first-order valence-electron chi connectivity index (χ1n) is 13.2. The molecule has 0 radical (unpaired) electrons. The maximum absolute atomic E-state index is 13.1. The molecule has 1 saturated heterocycles. The van der Waals surface area contributed by atoms with Crippen molar-refractivity contribution in [3.05, 3.63) is 64.2 Å². The summed E-state index contributed by atoms with van der Waals surface area (Å²) in [7, 11) is 0. The van der Waals surface area contributed by atoms with Crippen LogP contribution in [-0.2, 0) is 22.7 Å². The van der Waals surface area contributed by atoms with Crippen molar-refractivity contribution in [1.29, 1.82) is 0 Å². The van der Waals surface area contributed by atoms with E-state index < -0.39 is 23.8 Å². The molecule has 39 heavy (non-hydrogen) atoms. The number of carboxylic acid groups (broad SMARTS) is 1. The van der Waals surface area contributed by atoms with Crippen LogP contribution in [0.1, 0.15) is 87.6 Å². The van der Waals surface area contributed by atoms with Gasteiger partial charge in [0.25, 0.3) is 5.91 Å². The fraction of sp³-hybridized carbons (Fsp3) is 0.414. The molecular formula is C29H31N3O7. The maximum Gasteiger partial charge on any atom is 0.335 e. The Labute approximate surface area is 225 Å². The summed E-state index contributed by atoms with van der Waals surface area (Å²) in [5, 5.41) is 14.0. The van der Waals surface area contributed by atoms with Crippen molar-refractivity contribution >= 4 is 29.5 Å². The molecule has 204 valence electrons. The normalized spacial score (nSPS) is 23.1. The number of nitrogens with one attached hydrogen (secondary N) is 2. The van der Waals surface area contributed by atoms with E-state index in [2.05, 4.69) is 15.5 Å². The van der Waals surface area contributed by atoms with Crippen LogP contribution in [0.15, 0.2) is 36.4 Å². The zero-order valence-corrected chi connectivity index (χ0v) is 21.7. The van der Waals surface area contributed by atoms with Gasteiger partial charge in [-0.25, -0.2) is 4.79 Å². The van der Waals surface area contributed by atoms with Gasteiger partial charge in [0.2, 0.25) is 11.8 Å². The van der Waals surface area contributed by atoms with E-state index in [1.54, 1.807) is 36.4 Å². The first-order valence-corrected chi connectivity index (χ1v) is 13.2. The first kappa shape index (κ1) is 26.6. The average molecular weight is 534 g/mol. The molecule has 10 heteroatoms. The van der Waals surface area contributed by atoms with Gasteiger partial charge in [0.1, 0.15) is 11.8 Å². The summed E-state index contributed by atoms with van der Waals surface area (Å²) in [6, 6.07) is 9.55. The van der Waals surface area contributed by atoms with Crippen LogP contribution in [0.5, 0.6) is 5.75 Å². The Morgan fingerprint density at radius 2 is 1.59 bits per heavy atom. The van der Waals surface area contributed by atoms with Crippen LogP contribution in [0.25, 0.3) is 0 Å². The molecule has 0 spiro atoms. The summed E-state index contributed by atoms with van der Waals surface area (Å²) in [6.07, 6.45) is 4.06. The number of fused-ring (bicyclic) bond motifs is 1. The van der Waals surface area contributed by atoms with E-state index in [-0.39, 0.29) is 41.8 Å². The largest absolute Gasteiger partial charge is 0.490 e. The van der Waals surface area contributed by atoms with Crippen LogP contribution in [0, 0.1) is 0 Å². The fourth-order valence-electron chi connectivity index (χ4n) is 5.68. The van der Waals surface area contributed by atoms with Crippen LogP contribution >= 0.6 is 0 Å². The molecule has 1 saturated carbocycles. The molecule has 2 aromatic rings. The van der Waals surface area contributed by atoms with Crippen molar-refractivity contribution in [2.24, 2.45) is 0 Å². The van der Waals surface area contributed by atoms with Crippen molar-refractivity contribution in [3.63, 3.8) is 0 Å². The molecule has 3 N–H and O–H groups in total. The molecular weight excluding hydrogens is 502 g/mol. The third-order valence-electron chi connectivity index (χ3n) is 7.82. The van der Waals surface area contributed by atoms with Gasteiger partial charge in [0.05, 0.1) is 17.2 Å². The van der Waals surface area contributed by atoms with Gasteiger partial charge in [-0.05, 0) is 86.6 Å². The summed E-state index contributed by atoms with van der Waals surface area (Å²) in [4.78, 5) is 62.5. The van der Waals surface area contributed by atoms with E-state index in [9.17, 15) is 24.0 Å². The number of ether oxygens (including phenoxy) is 1. The van der Waals surface area contributed by atoms with Crippen molar-refractivity contribution in [2.75, 3.05) is 0 Å². The predicted molar refractivity (Wildman–Crippen MR) is 139 cm³/mol. The Morgan fingerprint density at radius 1 is 0.949 bits per heavy atom. The van der Waals surface area contributed by atoms with Crippen molar-refractivity contribution < 1.29 is 33.8 Å². The number of carboxylic acids is 1. The van der Waals surface area contributed by atoms with E-state index in [0.717, 1.165) is 36.8 Å². The van der Waals surface area contributed by atoms with E-state index in [1.165, 1.54) is 6.92 Å². The Morgan fingerprint density at radius 3 is 2.18 bits per heavy atom. The molecule has 1 unspecified atom stereocenters. The Hall–Kier alpha value is -4.05. The standard InChI is InChI=1S/C29H31N3O7/c1-16(33)23-12-18-14-32(15-19(18)13-24(23)27(35)30-25-10-11-26(34)31-28(25)36)20-4-8-22(9-5-20)39-21-6-2-17(3-7-21)29(37)38/h2-3,6-7,12-13,20,22,25H,4-5,8-11,14-15H2,1H3,(H,30,35)(H,37,38)(H,31,34,36)/t20-,22-,25?. The molecule has 3 amide bonds. The van der Waals surface area contributed by atoms with Crippen LogP contribution < -0.4 is 15.4 Å². The quantitative estimate of drug-likeness (QED) is 0.364. The molecule has 1 atom stereocenters. The average Bonchev–Trinajstić information content (AvgIpc) is 3.33. The molecule has 5 rings (SSSR count). The zero-order valence-electron chi connectivity index (χ0n) is 21.7. The van der Waals surface area contributed by atoms with Gasteiger partial charge in [0.15, 0.2) is 5.78 Å². The lowest BCUT2D eigenvalue weighted by atomic mass is 9.92. The molecule has 2 aliphatic heterocycles. The van der Waals surface area contributed by atoms with Gasteiger partial charge < -0.3 is 15.2 Å². The van der Waals surface area contributed by atoms with Crippen molar-refractivity contribution in [1.82, 2.24) is 15.5 Å². The molecule has 0 aromatic heterocycles. The van der Waals surface area contributed by atoms with E-state index in [0.29, 0.717) is 30.4 Å². The van der Waals surface area contributed by atoms with Crippen LogP contribution in [-0.4, -0.2) is 57.7 Å². The SMILES string of the molecule is CC(=O)c1cc2c(cc1C(=O)NC1CCC(=O)NC1=O)CN([C@H]1CC[C@H](Oc3ccc(C(=O)O)cc3)CC1)C2. The molecule has 0 bridgehead atoms. The fourth-order valence-corrected chi connectivity index (χ4v) is 5.68. The Kier molecular flexibility index (Phi) is 7.47. The van der Waals surface area contributed by atoms with Crippen LogP contribution in [0.2, 0.25) is 0 Å². The van der Waals surface area contributed by atoms with Crippen molar-refractivity contribution in [2.45, 2.75) is 76.7 Å². The highest BCUT2D eigenvalue weighted by molar-refractivity contribution is 6.09. The van der Waals surface area contributed by atoms with Crippen LogP contribution in [0.3, 0.4) is 0 Å². The number of carbonyl (C=O) groups excluding carboxylic acids is 4. The van der Waals surface area contributed by atoms with E-state index in [4.69, 9.17) is 9.84 Å². The Bertz CT molecular complexity index is 1330. The molecule has 2 heterocycles. The Balaban J connectivity index is 1.21. The lowest BCUT2D eigenvalue weighted by Gasteiger charge is -2.34. The topological polar surface area (TPSA) is 142 Å². The van der Waals surface area contributed by atoms with E-state index in [1.807, 2.05) is 0 Å². The number of hydrogen-bond donors (Lipinski definition) is 3. The number of benzene rings is 2. The third kappa shape index (κ3) is 5.85. The summed E-state index contributed by atoms with van der Waals surface area (Å²) in [5.74, 6) is -1.91. The third-order valence-corrected chi connectivity index (χ3v) is 7.82. The molecule has 1 aliphatic carbocycles. The van der Waals surface area contributed by atoms with Gasteiger partial charge in [-0.3, -0.25) is 29.4 Å². The zero-order chi connectivity index (χ0) is 27.7. The summed E-state index contributed by atoms with van der Waals surface area (Å²) in [5.41, 5.74) is 2.81. The second-order valence-electron chi connectivity index (χ2n) is 10.5. The number of amides is 3. The maximum atomic E-state index is 13.1. The monoisotopic (exact) mass is 533 g/mol. The highest BCUT2D eigenvalue weighted by atomic mass is 16.5. The number of ketones is 1. The minimum absolute atomic E-state index is 0.0637. The minimum Gasteiger partial charge on any atom is -0.490 e. The number of piperidine rings is 1. The number of aromatic carboxylic acids is 1. The van der Waals surface area contributed by atoms with Gasteiger partial charge in [-0.1, -0.05) is 0 Å². The molecule has 3 aliphatic rings. The smallest absolute Gasteiger partial charge is 0.335 e.